The van der Waals surface area contributed by atoms with Gasteiger partial charge >= 0.3 is 0 Å². The summed E-state index contributed by atoms with van der Waals surface area (Å²) in [5.74, 6) is 0.976. The van der Waals surface area contributed by atoms with Crippen LogP contribution in [-0.4, -0.2) is 55.5 Å². The number of piperidine rings is 1. The first-order valence-electron chi connectivity index (χ1n) is 6.18. The Balaban J connectivity index is 0.00000256. The van der Waals surface area contributed by atoms with Crippen LogP contribution in [0.15, 0.2) is 0 Å². The highest BCUT2D eigenvalue weighted by Gasteiger charge is 2.25. The molecule has 1 rings (SSSR count). The first-order chi connectivity index (χ1) is 7.54. The fourth-order valence-corrected chi connectivity index (χ4v) is 2.30. The van der Waals surface area contributed by atoms with Gasteiger partial charge in [-0.2, -0.15) is 0 Å². The molecule has 0 aromatic rings. The molecule has 1 heterocycles. The molecule has 0 radical (unpaired) electrons. The zero-order valence-corrected chi connectivity index (χ0v) is 12.0. The third-order valence-corrected chi connectivity index (χ3v) is 3.48. The second-order valence-electron chi connectivity index (χ2n) is 5.09. The van der Waals surface area contributed by atoms with Crippen molar-refractivity contribution in [2.75, 3.05) is 33.7 Å². The van der Waals surface area contributed by atoms with E-state index in [2.05, 4.69) is 11.8 Å². The second kappa shape index (κ2) is 7.90. The number of hydrogen-bond acceptors (Lipinski definition) is 3. The highest BCUT2D eigenvalue weighted by atomic mass is 35.5. The van der Waals surface area contributed by atoms with Crippen LogP contribution in [0.5, 0.6) is 0 Å². The molecule has 0 spiro atoms. The van der Waals surface area contributed by atoms with Crippen LogP contribution in [0.4, 0.5) is 0 Å². The van der Waals surface area contributed by atoms with Gasteiger partial charge in [0.15, 0.2) is 0 Å². The molecule has 1 amide bonds. The second-order valence-corrected chi connectivity index (χ2v) is 5.09. The Morgan fingerprint density at radius 3 is 2.65 bits per heavy atom. The van der Waals surface area contributed by atoms with E-state index in [9.17, 15) is 4.79 Å². The van der Waals surface area contributed by atoms with Crippen molar-refractivity contribution in [2.45, 2.75) is 32.2 Å². The quantitative estimate of drug-likeness (QED) is 0.822. The summed E-state index contributed by atoms with van der Waals surface area (Å²) in [5.41, 5.74) is 5.79. The number of nitrogens with zero attached hydrogens (tertiary/aromatic N) is 2. The number of carbonyl (C=O) groups excluding carboxylic acids is 1. The van der Waals surface area contributed by atoms with Crippen LogP contribution in [-0.2, 0) is 4.79 Å². The summed E-state index contributed by atoms with van der Waals surface area (Å²) in [4.78, 5) is 15.5. The topological polar surface area (TPSA) is 49.6 Å². The van der Waals surface area contributed by atoms with Gasteiger partial charge in [-0.25, -0.2) is 0 Å². The molecule has 4 nitrogen and oxygen atoms in total. The lowest BCUT2D eigenvalue weighted by molar-refractivity contribution is -0.129. The maximum atomic E-state index is 11.5. The molecule has 1 fully saturated rings. The molecule has 1 aliphatic heterocycles. The summed E-state index contributed by atoms with van der Waals surface area (Å²) >= 11 is 0. The van der Waals surface area contributed by atoms with Crippen LogP contribution in [0, 0.1) is 5.92 Å². The Bertz CT molecular complexity index is 236. The summed E-state index contributed by atoms with van der Waals surface area (Å²) in [5, 5.41) is 0. The van der Waals surface area contributed by atoms with E-state index in [-0.39, 0.29) is 18.3 Å². The highest BCUT2D eigenvalue weighted by Crippen LogP contribution is 2.21. The highest BCUT2D eigenvalue weighted by molar-refractivity contribution is 5.85. The zero-order chi connectivity index (χ0) is 12.1. The van der Waals surface area contributed by atoms with Crippen molar-refractivity contribution in [3.05, 3.63) is 0 Å². The van der Waals surface area contributed by atoms with Crippen molar-refractivity contribution in [1.29, 1.82) is 0 Å². The Morgan fingerprint density at radius 1 is 1.47 bits per heavy atom. The predicted octanol–water partition coefficient (Wildman–Crippen LogP) is 0.946. The third kappa shape index (κ3) is 5.23. The van der Waals surface area contributed by atoms with Gasteiger partial charge in [-0.3, -0.25) is 9.69 Å². The summed E-state index contributed by atoms with van der Waals surface area (Å²) in [6.07, 6.45) is 3.01. The van der Waals surface area contributed by atoms with E-state index in [1.54, 1.807) is 19.0 Å². The maximum Gasteiger partial charge on any atom is 0.223 e. The van der Waals surface area contributed by atoms with E-state index in [1.807, 2.05) is 0 Å². The molecule has 0 bridgehead atoms. The number of halogens is 1. The molecule has 2 N–H and O–H groups in total. The van der Waals surface area contributed by atoms with Gasteiger partial charge in [-0.05, 0) is 25.3 Å². The van der Waals surface area contributed by atoms with E-state index in [0.717, 1.165) is 19.0 Å². The molecule has 1 aliphatic rings. The molecule has 17 heavy (non-hydrogen) atoms. The monoisotopic (exact) mass is 263 g/mol. The minimum atomic E-state index is 0. The van der Waals surface area contributed by atoms with Crippen LogP contribution in [0.25, 0.3) is 0 Å². The van der Waals surface area contributed by atoms with Crippen molar-refractivity contribution >= 4 is 18.3 Å². The Labute approximate surface area is 111 Å². The average Bonchev–Trinajstić information content (AvgIpc) is 2.26. The van der Waals surface area contributed by atoms with Crippen molar-refractivity contribution in [3.63, 3.8) is 0 Å². The van der Waals surface area contributed by atoms with Crippen LogP contribution < -0.4 is 5.73 Å². The fraction of sp³-hybridized carbons (Fsp3) is 0.917. The van der Waals surface area contributed by atoms with Gasteiger partial charge in [0.2, 0.25) is 5.91 Å². The van der Waals surface area contributed by atoms with Crippen molar-refractivity contribution in [3.8, 4) is 0 Å². The molecule has 0 aromatic carbocycles. The van der Waals surface area contributed by atoms with E-state index < -0.39 is 0 Å². The molecular formula is C12H26ClN3O. The van der Waals surface area contributed by atoms with E-state index >= 15 is 0 Å². The maximum absolute atomic E-state index is 11.5. The number of likely N-dealkylation sites (tertiary alicyclic amines) is 1. The molecule has 2 atom stereocenters. The smallest absolute Gasteiger partial charge is 0.223 e. The van der Waals surface area contributed by atoms with Gasteiger partial charge in [-0.15, -0.1) is 12.4 Å². The SMILES string of the molecule is CC1CCN(CCC(=O)N(C)C)C(CN)C1.Cl. The van der Waals surface area contributed by atoms with Gasteiger partial charge in [0.05, 0.1) is 0 Å². The molecule has 0 saturated carbocycles. The van der Waals surface area contributed by atoms with Gasteiger partial charge in [0.25, 0.3) is 0 Å². The van der Waals surface area contributed by atoms with Crippen molar-refractivity contribution in [1.82, 2.24) is 9.80 Å². The van der Waals surface area contributed by atoms with Crippen molar-refractivity contribution in [2.24, 2.45) is 11.7 Å². The first-order valence-corrected chi connectivity index (χ1v) is 6.18. The molecule has 0 aliphatic carbocycles. The molecule has 1 saturated heterocycles. The Hall–Kier alpha value is -0.320. The van der Waals surface area contributed by atoms with Gasteiger partial charge in [0.1, 0.15) is 0 Å². The lowest BCUT2D eigenvalue weighted by Gasteiger charge is -2.37. The normalized spacial score (nSPS) is 25.2. The van der Waals surface area contributed by atoms with Crippen LogP contribution in [0.3, 0.4) is 0 Å². The van der Waals surface area contributed by atoms with E-state index in [4.69, 9.17) is 5.73 Å². The largest absolute Gasteiger partial charge is 0.349 e. The number of rotatable bonds is 4. The lowest BCUT2D eigenvalue weighted by Crippen LogP contribution is -2.47. The zero-order valence-electron chi connectivity index (χ0n) is 11.2. The summed E-state index contributed by atoms with van der Waals surface area (Å²) < 4.78 is 0. The van der Waals surface area contributed by atoms with Crippen LogP contribution in [0.1, 0.15) is 26.2 Å². The van der Waals surface area contributed by atoms with Crippen LogP contribution in [0.2, 0.25) is 0 Å². The fourth-order valence-electron chi connectivity index (χ4n) is 2.30. The van der Waals surface area contributed by atoms with E-state index in [0.29, 0.717) is 19.0 Å². The third-order valence-electron chi connectivity index (χ3n) is 3.48. The average molecular weight is 264 g/mol. The minimum absolute atomic E-state index is 0. The lowest BCUT2D eigenvalue weighted by atomic mass is 9.92. The molecule has 102 valence electrons. The Morgan fingerprint density at radius 2 is 2.12 bits per heavy atom. The van der Waals surface area contributed by atoms with Crippen molar-refractivity contribution < 1.29 is 4.79 Å². The molecule has 2 unspecified atom stereocenters. The number of amides is 1. The van der Waals surface area contributed by atoms with E-state index in [1.165, 1.54) is 12.8 Å². The first kappa shape index (κ1) is 16.7. The molecule has 0 aromatic heterocycles. The van der Waals surface area contributed by atoms with Gasteiger partial charge < -0.3 is 10.6 Å². The standard InChI is InChI=1S/C12H25N3O.ClH/c1-10-4-6-15(11(8-10)9-13)7-5-12(16)14(2)3;/h10-11H,4-9,13H2,1-3H3;1H. The van der Waals surface area contributed by atoms with Crippen LogP contribution >= 0.6 is 12.4 Å². The Kier molecular flexibility index (Phi) is 7.75. The predicted molar refractivity (Wildman–Crippen MR) is 73.4 cm³/mol. The number of carbonyl (C=O) groups is 1. The summed E-state index contributed by atoms with van der Waals surface area (Å²) in [6.45, 7) is 4.93. The molecule has 5 heteroatoms. The molecular weight excluding hydrogens is 238 g/mol. The van der Waals surface area contributed by atoms with Gasteiger partial charge in [-0.1, -0.05) is 6.92 Å². The van der Waals surface area contributed by atoms with Gasteiger partial charge in [0, 0.05) is 39.6 Å². The number of nitrogens with two attached hydrogens (primary N) is 1. The minimum Gasteiger partial charge on any atom is -0.349 e. The number of hydrogen-bond donors (Lipinski definition) is 1. The summed E-state index contributed by atoms with van der Waals surface area (Å²) in [6, 6.07) is 0.471. The summed E-state index contributed by atoms with van der Waals surface area (Å²) in [7, 11) is 3.61.